The molecular formula is C14H24N4O2S. The summed E-state index contributed by atoms with van der Waals surface area (Å²) in [6, 6.07) is 0. The van der Waals surface area contributed by atoms with Gasteiger partial charge < -0.3 is 5.32 Å². The average Bonchev–Trinajstić information content (AvgIpc) is 3.33. The van der Waals surface area contributed by atoms with Crippen LogP contribution in [0.1, 0.15) is 43.9 Å². The number of rotatable bonds is 8. The largest absolute Gasteiger partial charge is 0.313 e. The van der Waals surface area contributed by atoms with Gasteiger partial charge in [-0.1, -0.05) is 6.92 Å². The molecular weight excluding hydrogens is 288 g/mol. The molecule has 118 valence electrons. The first-order valence-electron chi connectivity index (χ1n) is 7.73. The van der Waals surface area contributed by atoms with Crippen LogP contribution in [0.3, 0.4) is 0 Å². The van der Waals surface area contributed by atoms with Crippen molar-refractivity contribution in [2.24, 2.45) is 11.3 Å². The van der Waals surface area contributed by atoms with Crippen LogP contribution >= 0.6 is 0 Å². The number of aromatic amines is 1. The lowest BCUT2D eigenvalue weighted by Crippen LogP contribution is -2.32. The van der Waals surface area contributed by atoms with Crippen molar-refractivity contribution >= 4 is 10.0 Å². The Bertz CT molecular complexity index is 615. The summed E-state index contributed by atoms with van der Waals surface area (Å²) < 4.78 is 27.8. The number of hydrogen-bond donors (Lipinski definition) is 3. The van der Waals surface area contributed by atoms with Crippen molar-refractivity contribution < 1.29 is 8.42 Å². The van der Waals surface area contributed by atoms with Crippen LogP contribution in [0.2, 0.25) is 0 Å². The Kier molecular flexibility index (Phi) is 3.83. The zero-order valence-electron chi connectivity index (χ0n) is 12.7. The van der Waals surface area contributed by atoms with Gasteiger partial charge in [-0.15, -0.1) is 0 Å². The highest BCUT2D eigenvalue weighted by Gasteiger charge is 2.53. The summed E-state index contributed by atoms with van der Waals surface area (Å²) in [6.45, 7) is 5.72. The minimum atomic E-state index is -3.53. The first-order valence-corrected chi connectivity index (χ1v) is 9.21. The van der Waals surface area contributed by atoms with Crippen LogP contribution in [-0.4, -0.2) is 31.7 Å². The molecule has 0 unspecified atom stereocenters. The Morgan fingerprint density at radius 2 is 2.10 bits per heavy atom. The Balaban J connectivity index is 1.72. The van der Waals surface area contributed by atoms with E-state index in [2.05, 4.69) is 20.2 Å². The average molecular weight is 312 g/mol. The van der Waals surface area contributed by atoms with E-state index in [4.69, 9.17) is 0 Å². The Morgan fingerprint density at radius 3 is 2.67 bits per heavy atom. The van der Waals surface area contributed by atoms with E-state index in [-0.39, 0.29) is 10.4 Å². The standard InChI is InChI=1S/C14H24N4O2S/c1-3-15-8-12-10(2)17-18-13(12)21(19,20)16-9-14(6-7-14)11-4-5-11/h11,15-16H,3-9H2,1-2H3,(H,17,18). The van der Waals surface area contributed by atoms with Crippen molar-refractivity contribution in [3.05, 3.63) is 11.3 Å². The maximum absolute atomic E-state index is 12.5. The molecule has 2 aliphatic carbocycles. The molecule has 2 aliphatic rings. The van der Waals surface area contributed by atoms with Crippen molar-refractivity contribution in [1.29, 1.82) is 0 Å². The molecule has 7 heteroatoms. The topological polar surface area (TPSA) is 86.9 Å². The highest BCUT2D eigenvalue weighted by atomic mass is 32.2. The molecule has 0 aromatic carbocycles. The van der Waals surface area contributed by atoms with Gasteiger partial charge >= 0.3 is 0 Å². The zero-order chi connectivity index (χ0) is 15.1. The number of aryl methyl sites for hydroxylation is 1. The summed E-state index contributed by atoms with van der Waals surface area (Å²) in [5, 5.41) is 10.1. The molecule has 0 radical (unpaired) electrons. The van der Waals surface area contributed by atoms with Gasteiger partial charge in [-0.25, -0.2) is 13.1 Å². The first-order chi connectivity index (χ1) is 9.98. The molecule has 3 rings (SSSR count). The molecule has 0 aliphatic heterocycles. The van der Waals surface area contributed by atoms with E-state index in [1.807, 2.05) is 13.8 Å². The lowest BCUT2D eigenvalue weighted by atomic mass is 10.0. The highest BCUT2D eigenvalue weighted by molar-refractivity contribution is 7.89. The second-order valence-corrected chi connectivity index (χ2v) is 8.06. The normalized spacial score (nSPS) is 20.7. The van der Waals surface area contributed by atoms with Gasteiger partial charge in [0.15, 0.2) is 5.03 Å². The molecule has 2 saturated carbocycles. The first kappa shape index (κ1) is 15.0. The smallest absolute Gasteiger partial charge is 0.260 e. The molecule has 21 heavy (non-hydrogen) atoms. The molecule has 0 amide bonds. The van der Waals surface area contributed by atoms with Crippen LogP contribution in [0.4, 0.5) is 0 Å². The number of nitrogens with zero attached hydrogens (tertiary/aromatic N) is 1. The molecule has 0 spiro atoms. The minimum absolute atomic E-state index is 0.146. The molecule has 0 atom stereocenters. The van der Waals surface area contributed by atoms with Gasteiger partial charge in [-0.05, 0) is 50.5 Å². The predicted octanol–water partition coefficient (Wildman–Crippen LogP) is 1.30. The van der Waals surface area contributed by atoms with E-state index in [1.165, 1.54) is 12.8 Å². The number of aromatic nitrogens is 2. The fraction of sp³-hybridized carbons (Fsp3) is 0.786. The third kappa shape index (κ3) is 3.00. The Hall–Kier alpha value is -0.920. The molecule has 0 saturated heterocycles. The SMILES string of the molecule is CCNCc1c(S(=O)(=O)NCC2(C3CC3)CC2)n[nH]c1C. The van der Waals surface area contributed by atoms with Gasteiger partial charge in [0.05, 0.1) is 0 Å². The second-order valence-electron chi connectivity index (χ2n) is 6.37. The summed E-state index contributed by atoms with van der Waals surface area (Å²) >= 11 is 0. The van der Waals surface area contributed by atoms with Crippen molar-refractivity contribution in [2.45, 2.75) is 51.1 Å². The fourth-order valence-corrected chi connectivity index (χ4v) is 4.33. The molecule has 1 heterocycles. The molecule has 1 aromatic heterocycles. The minimum Gasteiger partial charge on any atom is -0.313 e. The van der Waals surface area contributed by atoms with Crippen LogP contribution in [0.15, 0.2) is 5.03 Å². The van der Waals surface area contributed by atoms with Crippen LogP contribution in [-0.2, 0) is 16.6 Å². The molecule has 1 aromatic rings. The highest BCUT2D eigenvalue weighted by Crippen LogP contribution is 2.60. The molecule has 3 N–H and O–H groups in total. The lowest BCUT2D eigenvalue weighted by molar-refractivity contribution is 0.431. The lowest BCUT2D eigenvalue weighted by Gasteiger charge is -2.15. The van der Waals surface area contributed by atoms with E-state index in [0.29, 0.717) is 13.1 Å². The predicted molar refractivity (Wildman–Crippen MR) is 80.3 cm³/mol. The Morgan fingerprint density at radius 1 is 1.38 bits per heavy atom. The maximum atomic E-state index is 12.5. The number of H-pyrrole nitrogens is 1. The van der Waals surface area contributed by atoms with Crippen LogP contribution < -0.4 is 10.0 Å². The van der Waals surface area contributed by atoms with Crippen LogP contribution in [0, 0.1) is 18.3 Å². The monoisotopic (exact) mass is 312 g/mol. The maximum Gasteiger partial charge on any atom is 0.260 e. The summed E-state index contributed by atoms with van der Waals surface area (Å²) in [4.78, 5) is 0. The zero-order valence-corrected chi connectivity index (χ0v) is 13.5. The van der Waals surface area contributed by atoms with Crippen LogP contribution in [0.25, 0.3) is 0 Å². The van der Waals surface area contributed by atoms with Crippen molar-refractivity contribution in [2.75, 3.05) is 13.1 Å². The van der Waals surface area contributed by atoms with Crippen LogP contribution in [0.5, 0.6) is 0 Å². The molecule has 2 fully saturated rings. The van der Waals surface area contributed by atoms with Gasteiger partial charge in [0.1, 0.15) is 0 Å². The fourth-order valence-electron chi connectivity index (χ4n) is 3.00. The summed E-state index contributed by atoms with van der Waals surface area (Å²) in [5.74, 6) is 0.738. The van der Waals surface area contributed by atoms with Gasteiger partial charge in [0.25, 0.3) is 10.0 Å². The number of hydrogen-bond acceptors (Lipinski definition) is 4. The van der Waals surface area contributed by atoms with E-state index in [0.717, 1.165) is 36.6 Å². The van der Waals surface area contributed by atoms with Crippen molar-refractivity contribution in [3.8, 4) is 0 Å². The quantitative estimate of drug-likeness (QED) is 0.675. The van der Waals surface area contributed by atoms with E-state index < -0.39 is 10.0 Å². The summed E-state index contributed by atoms with van der Waals surface area (Å²) in [7, 11) is -3.53. The van der Waals surface area contributed by atoms with Gasteiger partial charge in [0.2, 0.25) is 0 Å². The number of sulfonamides is 1. The van der Waals surface area contributed by atoms with Gasteiger partial charge in [-0.3, -0.25) is 5.10 Å². The number of nitrogens with one attached hydrogen (secondary N) is 3. The Labute approximate surface area is 126 Å². The summed E-state index contributed by atoms with van der Waals surface area (Å²) in [5.41, 5.74) is 1.79. The van der Waals surface area contributed by atoms with Crippen molar-refractivity contribution in [3.63, 3.8) is 0 Å². The van der Waals surface area contributed by atoms with E-state index >= 15 is 0 Å². The second kappa shape index (κ2) is 5.37. The third-order valence-corrected chi connectivity index (χ3v) is 6.16. The summed E-state index contributed by atoms with van der Waals surface area (Å²) in [6.07, 6.45) is 4.83. The van der Waals surface area contributed by atoms with Gasteiger partial charge in [-0.2, -0.15) is 5.10 Å². The van der Waals surface area contributed by atoms with Crippen molar-refractivity contribution in [1.82, 2.24) is 20.2 Å². The molecule has 0 bridgehead atoms. The van der Waals surface area contributed by atoms with Gasteiger partial charge in [0, 0.05) is 24.3 Å². The molecule has 6 nitrogen and oxygen atoms in total. The van der Waals surface area contributed by atoms with E-state index in [9.17, 15) is 8.42 Å². The third-order valence-electron chi connectivity index (χ3n) is 4.79. The van der Waals surface area contributed by atoms with E-state index in [1.54, 1.807) is 0 Å².